The van der Waals surface area contributed by atoms with Crippen molar-refractivity contribution in [2.24, 2.45) is 4.99 Å². The van der Waals surface area contributed by atoms with Gasteiger partial charge in [0.25, 0.3) is 0 Å². The second kappa shape index (κ2) is 4.91. The van der Waals surface area contributed by atoms with E-state index >= 15 is 0 Å². The summed E-state index contributed by atoms with van der Waals surface area (Å²) in [5, 5.41) is 0. The summed E-state index contributed by atoms with van der Waals surface area (Å²) in [4.78, 5) is 8.97. The molecule has 0 spiro atoms. The Kier molecular flexibility index (Phi) is 3.33. The molecule has 0 aliphatic heterocycles. The van der Waals surface area contributed by atoms with Crippen LogP contribution in [0.2, 0.25) is 0 Å². The molecule has 1 aromatic heterocycles. The van der Waals surface area contributed by atoms with Crippen LogP contribution in [0.15, 0.2) is 52.8 Å². The predicted octanol–water partition coefficient (Wildman–Crippen LogP) is 3.77. The fourth-order valence-electron chi connectivity index (χ4n) is 1.71. The lowest BCUT2D eigenvalue weighted by molar-refractivity contribution is 1.25. The van der Waals surface area contributed by atoms with Gasteiger partial charge in [0, 0.05) is 18.0 Å². The highest BCUT2D eigenvalue weighted by Gasteiger charge is 2.15. The van der Waals surface area contributed by atoms with Crippen molar-refractivity contribution in [1.29, 1.82) is 0 Å². The molecule has 0 N–H and O–H groups in total. The smallest absolute Gasteiger partial charge is 0.0964 e. The summed E-state index contributed by atoms with van der Waals surface area (Å²) in [6.45, 7) is 6.10. The van der Waals surface area contributed by atoms with Crippen LogP contribution in [0.25, 0.3) is 6.08 Å². The van der Waals surface area contributed by atoms with E-state index in [9.17, 15) is 0 Å². The normalized spacial score (nSPS) is 18.3. The molecule has 0 radical (unpaired) electrons. The first-order valence-electron chi connectivity index (χ1n) is 5.73. The van der Waals surface area contributed by atoms with Crippen molar-refractivity contribution < 1.29 is 0 Å². The molecule has 17 heavy (non-hydrogen) atoms. The summed E-state index contributed by atoms with van der Waals surface area (Å²) in [6, 6.07) is 4.01. The molecule has 0 unspecified atom stereocenters. The van der Waals surface area contributed by atoms with Crippen molar-refractivity contribution in [2.45, 2.75) is 20.8 Å². The van der Waals surface area contributed by atoms with Crippen molar-refractivity contribution in [3.8, 4) is 0 Å². The molecule has 0 saturated carbocycles. The van der Waals surface area contributed by atoms with Gasteiger partial charge in [-0.15, -0.1) is 0 Å². The molecule has 0 fully saturated rings. The van der Waals surface area contributed by atoms with Gasteiger partial charge >= 0.3 is 0 Å². The molecule has 0 bridgehead atoms. The van der Waals surface area contributed by atoms with Crippen molar-refractivity contribution in [1.82, 2.24) is 4.98 Å². The van der Waals surface area contributed by atoms with Gasteiger partial charge in [-0.2, -0.15) is 0 Å². The van der Waals surface area contributed by atoms with Gasteiger partial charge in [0.15, 0.2) is 0 Å². The minimum absolute atomic E-state index is 0.951. The Bertz CT molecular complexity index is 542. The largest absolute Gasteiger partial charge is 0.254 e. The van der Waals surface area contributed by atoms with Crippen molar-refractivity contribution in [3.05, 3.63) is 59.1 Å². The molecule has 2 heteroatoms. The fraction of sp³-hybridized carbons (Fsp3) is 0.200. The average Bonchev–Trinajstić information content (AvgIpc) is 2.35. The average molecular weight is 224 g/mol. The molecule has 1 aliphatic carbocycles. The van der Waals surface area contributed by atoms with E-state index in [1.807, 2.05) is 39.2 Å². The van der Waals surface area contributed by atoms with E-state index in [-0.39, 0.29) is 0 Å². The molecule has 1 aliphatic rings. The standard InChI is InChI=1S/C15H16N2/c1-4-12-7-8-13-6-5-9-16-15(13)14(12)17-10-11(2)3/h4-10H,1-3H3/b12-4-,17-14+. The Labute approximate surface area is 102 Å². The van der Waals surface area contributed by atoms with Crippen LogP contribution in [0.5, 0.6) is 0 Å². The fourth-order valence-corrected chi connectivity index (χ4v) is 1.71. The van der Waals surface area contributed by atoms with Crippen molar-refractivity contribution in [3.63, 3.8) is 0 Å². The molecule has 0 amide bonds. The topological polar surface area (TPSA) is 25.2 Å². The van der Waals surface area contributed by atoms with E-state index in [4.69, 9.17) is 0 Å². The van der Waals surface area contributed by atoms with Crippen LogP contribution in [0, 0.1) is 0 Å². The van der Waals surface area contributed by atoms with Crippen molar-refractivity contribution >= 4 is 11.8 Å². The van der Waals surface area contributed by atoms with Gasteiger partial charge in [-0.1, -0.05) is 29.9 Å². The first-order valence-corrected chi connectivity index (χ1v) is 5.73. The highest BCUT2D eigenvalue weighted by Crippen LogP contribution is 2.21. The number of rotatable bonds is 1. The lowest BCUT2D eigenvalue weighted by Crippen LogP contribution is -2.11. The first kappa shape index (κ1) is 11.5. The van der Waals surface area contributed by atoms with E-state index in [0.717, 1.165) is 22.5 Å². The number of hydrogen-bond acceptors (Lipinski definition) is 2. The molecular weight excluding hydrogens is 208 g/mol. The maximum atomic E-state index is 4.55. The van der Waals surface area contributed by atoms with E-state index in [2.05, 4.69) is 34.3 Å². The molecule has 0 saturated heterocycles. The van der Waals surface area contributed by atoms with Gasteiger partial charge in [0.2, 0.25) is 0 Å². The first-order chi connectivity index (χ1) is 8.22. The number of aliphatic imine (C=N–C) groups is 1. The van der Waals surface area contributed by atoms with Crippen LogP contribution in [-0.4, -0.2) is 10.7 Å². The molecule has 2 nitrogen and oxygen atoms in total. The molecule has 2 rings (SSSR count). The van der Waals surface area contributed by atoms with Gasteiger partial charge in [0.05, 0.1) is 11.4 Å². The lowest BCUT2D eigenvalue weighted by atomic mass is 9.96. The highest BCUT2D eigenvalue weighted by atomic mass is 14.8. The van der Waals surface area contributed by atoms with Gasteiger partial charge in [-0.25, -0.2) is 0 Å². The minimum atomic E-state index is 0.951. The molecule has 0 aromatic carbocycles. The number of hydrogen-bond donors (Lipinski definition) is 0. The quantitative estimate of drug-likeness (QED) is 0.712. The highest BCUT2D eigenvalue weighted by molar-refractivity contribution is 6.17. The number of nitrogens with zero attached hydrogens (tertiary/aromatic N) is 2. The molecule has 1 heterocycles. The molecule has 86 valence electrons. The Morgan fingerprint density at radius 2 is 2.12 bits per heavy atom. The van der Waals surface area contributed by atoms with E-state index in [1.54, 1.807) is 0 Å². The lowest BCUT2D eigenvalue weighted by Gasteiger charge is -2.13. The SMILES string of the molecule is C/C=C1/C=Cc2cccnc2/C1=N/C=C(C)C. The van der Waals surface area contributed by atoms with Gasteiger partial charge in [-0.3, -0.25) is 9.98 Å². The van der Waals surface area contributed by atoms with Crippen LogP contribution >= 0.6 is 0 Å². The predicted molar refractivity (Wildman–Crippen MR) is 73.0 cm³/mol. The number of pyridine rings is 1. The van der Waals surface area contributed by atoms with Crippen LogP contribution in [0.1, 0.15) is 32.0 Å². The van der Waals surface area contributed by atoms with Crippen LogP contribution < -0.4 is 0 Å². The van der Waals surface area contributed by atoms with Gasteiger partial charge in [0.1, 0.15) is 0 Å². The van der Waals surface area contributed by atoms with Crippen LogP contribution in [0.3, 0.4) is 0 Å². The van der Waals surface area contributed by atoms with Crippen LogP contribution in [0.4, 0.5) is 0 Å². The zero-order valence-corrected chi connectivity index (χ0v) is 10.4. The maximum Gasteiger partial charge on any atom is 0.0964 e. The van der Waals surface area contributed by atoms with Gasteiger partial charge in [-0.05, 0) is 32.4 Å². The Morgan fingerprint density at radius 1 is 1.29 bits per heavy atom. The zero-order chi connectivity index (χ0) is 12.3. The zero-order valence-electron chi connectivity index (χ0n) is 10.4. The van der Waals surface area contributed by atoms with E-state index < -0.39 is 0 Å². The second-order valence-corrected chi connectivity index (χ2v) is 4.20. The van der Waals surface area contributed by atoms with Gasteiger partial charge < -0.3 is 0 Å². The third kappa shape index (κ3) is 2.41. The monoisotopic (exact) mass is 224 g/mol. The summed E-state index contributed by atoms with van der Waals surface area (Å²) in [5.74, 6) is 0. The maximum absolute atomic E-state index is 4.55. The Balaban J connectivity index is 2.58. The Morgan fingerprint density at radius 3 is 2.82 bits per heavy atom. The third-order valence-electron chi connectivity index (χ3n) is 2.54. The number of fused-ring (bicyclic) bond motifs is 1. The summed E-state index contributed by atoms with van der Waals surface area (Å²) in [5.41, 5.74) is 5.33. The second-order valence-electron chi connectivity index (χ2n) is 4.20. The molecule has 0 atom stereocenters. The van der Waals surface area contributed by atoms with E-state index in [1.165, 1.54) is 5.57 Å². The number of allylic oxidation sites excluding steroid dienone is 4. The molecule has 1 aromatic rings. The van der Waals surface area contributed by atoms with Crippen LogP contribution in [-0.2, 0) is 0 Å². The van der Waals surface area contributed by atoms with E-state index in [0.29, 0.717) is 0 Å². The third-order valence-corrected chi connectivity index (χ3v) is 2.54. The summed E-state index contributed by atoms with van der Waals surface area (Å²) in [7, 11) is 0. The summed E-state index contributed by atoms with van der Waals surface area (Å²) < 4.78 is 0. The van der Waals surface area contributed by atoms with Crippen molar-refractivity contribution in [2.75, 3.05) is 0 Å². The summed E-state index contributed by atoms with van der Waals surface area (Å²) in [6.07, 6.45) is 9.92. The minimum Gasteiger partial charge on any atom is -0.254 e. The molecular formula is C15H16N2. The summed E-state index contributed by atoms with van der Waals surface area (Å²) >= 11 is 0. The Hall–Kier alpha value is -1.96. The number of aromatic nitrogens is 1.